The molecule has 1 atom stereocenters. The van der Waals surface area contributed by atoms with Crippen molar-refractivity contribution < 1.29 is 19.8 Å². The fourth-order valence-electron chi connectivity index (χ4n) is 1.37. The van der Waals surface area contributed by atoms with E-state index in [0.717, 1.165) is 6.42 Å². The van der Waals surface area contributed by atoms with Gasteiger partial charge in [0, 0.05) is 54.5 Å². The van der Waals surface area contributed by atoms with E-state index in [0.29, 0.717) is 12.8 Å². The van der Waals surface area contributed by atoms with Crippen molar-refractivity contribution in [3.63, 3.8) is 0 Å². The minimum atomic E-state index is -1.11. The molecule has 0 aliphatic heterocycles. The predicted molar refractivity (Wildman–Crippen MR) is 46.4 cm³/mol. The van der Waals surface area contributed by atoms with Gasteiger partial charge in [-0.1, -0.05) is 6.08 Å². The summed E-state index contributed by atoms with van der Waals surface area (Å²) < 4.78 is 0. The third-order valence-corrected chi connectivity index (χ3v) is 1.98. The Morgan fingerprint density at radius 3 is 2.38 bits per heavy atom. The van der Waals surface area contributed by atoms with E-state index >= 15 is 0 Å². The number of carbonyl (C=O) groups is 2. The Bertz CT molecular complexity index is 247. The molecule has 1 rings (SSSR count). The van der Waals surface area contributed by atoms with Crippen LogP contribution in [0.1, 0.15) is 19.3 Å². The van der Waals surface area contributed by atoms with Crippen molar-refractivity contribution in [1.29, 1.82) is 0 Å². The summed E-state index contributed by atoms with van der Waals surface area (Å²) in [5.41, 5.74) is 0.0359. The zero-order valence-electron chi connectivity index (χ0n) is 7.19. The van der Waals surface area contributed by atoms with Crippen molar-refractivity contribution in [3.05, 3.63) is 11.6 Å². The van der Waals surface area contributed by atoms with E-state index in [9.17, 15) is 9.59 Å². The van der Waals surface area contributed by atoms with Crippen molar-refractivity contribution in [2.24, 2.45) is 5.92 Å². The van der Waals surface area contributed by atoms with E-state index in [-0.39, 0.29) is 54.5 Å². The Kier molecular flexibility index (Phi) is 5.99. The van der Waals surface area contributed by atoms with Crippen LogP contribution in [0.3, 0.4) is 0 Å². The molecule has 2 N–H and O–H groups in total. The van der Waals surface area contributed by atoms with Gasteiger partial charge in [0.05, 0.1) is 5.92 Å². The molecule has 13 heavy (non-hydrogen) atoms. The Hall–Kier alpha value is 0.251. The topological polar surface area (TPSA) is 74.6 Å². The monoisotopic (exact) mass is 308 g/mol. The first kappa shape index (κ1) is 13.3. The number of allylic oxidation sites excluding steroid dienone is 1. The molecule has 0 amide bonds. The minimum Gasteiger partial charge on any atom is -0.481 e. The van der Waals surface area contributed by atoms with Crippen LogP contribution < -0.4 is 0 Å². The van der Waals surface area contributed by atoms with Gasteiger partial charge in [-0.15, -0.1) is 0 Å². The summed E-state index contributed by atoms with van der Waals surface area (Å²) in [6.07, 6.45) is 3.37. The molecular formula is C8H10BaO4. The van der Waals surface area contributed by atoms with Crippen LogP contribution in [-0.2, 0) is 9.59 Å². The predicted octanol–water partition coefficient (Wildman–Crippen LogP) is 0.501. The largest absolute Gasteiger partial charge is 0.481 e. The van der Waals surface area contributed by atoms with Gasteiger partial charge >= 0.3 is 11.9 Å². The SMILES string of the molecule is O=C(O)C1=CCCCC1C(=O)O.[Ba]. The van der Waals surface area contributed by atoms with Gasteiger partial charge in [0.2, 0.25) is 0 Å². The van der Waals surface area contributed by atoms with Crippen LogP contribution in [0, 0.1) is 5.92 Å². The van der Waals surface area contributed by atoms with Gasteiger partial charge in [-0.25, -0.2) is 4.79 Å². The molecule has 1 aliphatic carbocycles. The summed E-state index contributed by atoms with van der Waals surface area (Å²) in [4.78, 5) is 21.1. The molecule has 1 unspecified atom stereocenters. The molecule has 0 saturated carbocycles. The maximum absolute atomic E-state index is 10.6. The van der Waals surface area contributed by atoms with Gasteiger partial charge in [0.1, 0.15) is 0 Å². The molecular weight excluding hydrogens is 297 g/mol. The van der Waals surface area contributed by atoms with Gasteiger partial charge in [-0.3, -0.25) is 4.79 Å². The Morgan fingerprint density at radius 2 is 2.00 bits per heavy atom. The standard InChI is InChI=1S/C8H10O4.Ba/c9-7(10)5-3-1-2-4-6(5)8(11)12;/h3,6H,1-2,4H2,(H,9,10)(H,11,12);. The molecule has 2 radical (unpaired) electrons. The number of carboxylic acid groups (broad SMARTS) is 2. The Balaban J connectivity index is 0.00000144. The van der Waals surface area contributed by atoms with E-state index in [1.807, 2.05) is 0 Å². The zero-order chi connectivity index (χ0) is 9.14. The quantitative estimate of drug-likeness (QED) is 0.729. The van der Waals surface area contributed by atoms with Crippen LogP contribution in [-0.4, -0.2) is 71.0 Å². The molecule has 0 aromatic rings. The summed E-state index contributed by atoms with van der Waals surface area (Å²) >= 11 is 0. The molecule has 0 bridgehead atoms. The van der Waals surface area contributed by atoms with E-state index < -0.39 is 17.9 Å². The van der Waals surface area contributed by atoms with Crippen molar-refractivity contribution in [1.82, 2.24) is 0 Å². The molecule has 1 aliphatic rings. The normalized spacial score (nSPS) is 21.2. The first-order valence-corrected chi connectivity index (χ1v) is 3.79. The summed E-state index contributed by atoms with van der Waals surface area (Å²) in [6, 6.07) is 0. The maximum Gasteiger partial charge on any atom is 0.332 e. The van der Waals surface area contributed by atoms with Crippen molar-refractivity contribution >= 4 is 60.8 Å². The fraction of sp³-hybridized carbons (Fsp3) is 0.500. The second-order valence-electron chi connectivity index (χ2n) is 2.79. The van der Waals surface area contributed by atoms with Crippen LogP contribution in [0.4, 0.5) is 0 Å². The Labute approximate surface area is 116 Å². The van der Waals surface area contributed by atoms with E-state index in [1.54, 1.807) is 0 Å². The number of hydrogen-bond donors (Lipinski definition) is 2. The van der Waals surface area contributed by atoms with E-state index in [1.165, 1.54) is 6.08 Å². The van der Waals surface area contributed by atoms with Gasteiger partial charge in [-0.2, -0.15) is 0 Å². The van der Waals surface area contributed by atoms with Crippen molar-refractivity contribution in [2.75, 3.05) is 0 Å². The van der Waals surface area contributed by atoms with E-state index in [2.05, 4.69) is 0 Å². The first-order valence-electron chi connectivity index (χ1n) is 3.79. The molecule has 0 aromatic carbocycles. The second kappa shape index (κ2) is 5.87. The van der Waals surface area contributed by atoms with Gasteiger partial charge in [-0.05, 0) is 19.3 Å². The first-order chi connectivity index (χ1) is 5.63. The molecule has 0 heterocycles. The second-order valence-corrected chi connectivity index (χ2v) is 2.79. The van der Waals surface area contributed by atoms with Crippen molar-refractivity contribution in [2.45, 2.75) is 19.3 Å². The van der Waals surface area contributed by atoms with Gasteiger partial charge < -0.3 is 10.2 Å². The number of carboxylic acids is 2. The molecule has 4 nitrogen and oxygen atoms in total. The average molecular weight is 307 g/mol. The van der Waals surface area contributed by atoms with Crippen LogP contribution in [0.2, 0.25) is 0 Å². The Morgan fingerprint density at radius 1 is 1.38 bits per heavy atom. The average Bonchev–Trinajstić information content (AvgIpc) is 2.04. The van der Waals surface area contributed by atoms with Crippen molar-refractivity contribution in [3.8, 4) is 0 Å². The van der Waals surface area contributed by atoms with Crippen LogP contribution in [0.5, 0.6) is 0 Å². The molecule has 0 aromatic heterocycles. The summed E-state index contributed by atoms with van der Waals surface area (Å²) in [7, 11) is 0. The zero-order valence-corrected chi connectivity index (χ0v) is 11.6. The van der Waals surface area contributed by atoms with Gasteiger partial charge in [0.15, 0.2) is 0 Å². The summed E-state index contributed by atoms with van der Waals surface area (Å²) in [5.74, 6) is -2.96. The fourth-order valence-corrected chi connectivity index (χ4v) is 1.37. The third kappa shape index (κ3) is 3.47. The van der Waals surface area contributed by atoms with E-state index in [4.69, 9.17) is 10.2 Å². The van der Waals surface area contributed by atoms with Crippen LogP contribution in [0.25, 0.3) is 0 Å². The molecule has 0 fully saturated rings. The van der Waals surface area contributed by atoms with Gasteiger partial charge in [0.25, 0.3) is 0 Å². The number of rotatable bonds is 2. The van der Waals surface area contributed by atoms with Crippen LogP contribution >= 0.6 is 0 Å². The third-order valence-electron chi connectivity index (χ3n) is 1.98. The van der Waals surface area contributed by atoms with Crippen LogP contribution in [0.15, 0.2) is 11.6 Å². The molecule has 5 heteroatoms. The molecule has 0 saturated heterocycles. The smallest absolute Gasteiger partial charge is 0.332 e. The number of hydrogen-bond acceptors (Lipinski definition) is 2. The summed E-state index contributed by atoms with van der Waals surface area (Å²) in [6.45, 7) is 0. The molecule has 68 valence electrons. The minimum absolute atomic E-state index is 0. The molecule has 0 spiro atoms. The maximum atomic E-state index is 10.6. The number of aliphatic carboxylic acids is 2. The summed E-state index contributed by atoms with van der Waals surface area (Å²) in [5, 5.41) is 17.3.